The van der Waals surface area contributed by atoms with E-state index in [-0.39, 0.29) is 6.03 Å². The molecule has 1 fully saturated rings. The van der Waals surface area contributed by atoms with Crippen LogP contribution in [0.2, 0.25) is 0 Å². The molecule has 1 aliphatic carbocycles. The Bertz CT molecular complexity index is 791. The lowest BCUT2D eigenvalue weighted by molar-refractivity contribution is 0.191. The second-order valence-corrected chi connectivity index (χ2v) is 7.23. The van der Waals surface area contributed by atoms with Crippen molar-refractivity contribution in [3.05, 3.63) is 52.3 Å². The smallest absolute Gasteiger partial charge is 0.318 e. The largest absolute Gasteiger partial charge is 0.332 e. The van der Waals surface area contributed by atoms with Gasteiger partial charge in [-0.25, -0.2) is 4.79 Å². The lowest BCUT2D eigenvalue weighted by Gasteiger charge is -2.29. The molecule has 132 valence electrons. The van der Waals surface area contributed by atoms with E-state index in [9.17, 15) is 4.79 Å². The van der Waals surface area contributed by atoms with E-state index >= 15 is 0 Å². The van der Waals surface area contributed by atoms with Crippen LogP contribution in [0.15, 0.2) is 24.4 Å². The Morgan fingerprint density at radius 1 is 1.32 bits per heavy atom. The number of carbonyl (C=O) groups is 1. The lowest BCUT2D eigenvalue weighted by atomic mass is 9.97. The number of aryl methyl sites for hydroxylation is 2. The van der Waals surface area contributed by atoms with Gasteiger partial charge in [0, 0.05) is 20.1 Å². The number of benzene rings is 1. The average molecular weight is 338 g/mol. The summed E-state index contributed by atoms with van der Waals surface area (Å²) < 4.78 is 1.89. The summed E-state index contributed by atoms with van der Waals surface area (Å²) in [6.45, 7) is 4.22. The minimum Gasteiger partial charge on any atom is -0.332 e. The highest BCUT2D eigenvalue weighted by Crippen LogP contribution is 2.41. The van der Waals surface area contributed by atoms with Gasteiger partial charge in [0.1, 0.15) is 0 Å². The molecule has 2 heterocycles. The van der Waals surface area contributed by atoms with Crippen LogP contribution in [0.1, 0.15) is 53.6 Å². The molecule has 0 unspecified atom stereocenters. The van der Waals surface area contributed by atoms with Crippen molar-refractivity contribution in [3.8, 4) is 0 Å². The van der Waals surface area contributed by atoms with Crippen molar-refractivity contribution in [2.75, 3.05) is 6.54 Å². The summed E-state index contributed by atoms with van der Waals surface area (Å²) in [5.74, 6) is 0.648. The fourth-order valence-corrected chi connectivity index (χ4v) is 3.70. The van der Waals surface area contributed by atoms with Gasteiger partial charge < -0.3 is 10.2 Å². The number of urea groups is 1. The maximum absolute atomic E-state index is 12.6. The molecule has 2 aliphatic rings. The standard InChI is InChI=1S/C20H26N4O/c1-3-14-4-5-17-13-24(9-8-16(17)10-14)20(25)21-12-19-18(15-6-7-15)11-22-23(19)2/h4-5,10-11,15H,3,6-9,12-13H2,1-2H3,(H,21,25). The van der Waals surface area contributed by atoms with Gasteiger partial charge in [0.25, 0.3) is 0 Å². The van der Waals surface area contributed by atoms with Crippen molar-refractivity contribution in [2.24, 2.45) is 7.05 Å². The predicted molar refractivity (Wildman–Crippen MR) is 97.4 cm³/mol. The minimum atomic E-state index is 0.0214. The molecule has 4 rings (SSSR count). The van der Waals surface area contributed by atoms with E-state index < -0.39 is 0 Å². The highest BCUT2D eigenvalue weighted by molar-refractivity contribution is 5.74. The van der Waals surface area contributed by atoms with Crippen molar-refractivity contribution >= 4 is 6.03 Å². The van der Waals surface area contributed by atoms with Crippen molar-refractivity contribution in [1.82, 2.24) is 20.0 Å². The van der Waals surface area contributed by atoms with E-state index in [0.717, 1.165) is 25.1 Å². The molecule has 0 spiro atoms. The summed E-state index contributed by atoms with van der Waals surface area (Å²) in [5, 5.41) is 7.46. The van der Waals surface area contributed by atoms with E-state index in [1.54, 1.807) is 0 Å². The van der Waals surface area contributed by atoms with Gasteiger partial charge in [-0.15, -0.1) is 0 Å². The number of nitrogens with one attached hydrogen (secondary N) is 1. The Morgan fingerprint density at radius 2 is 2.16 bits per heavy atom. The van der Waals surface area contributed by atoms with Crippen LogP contribution in [-0.2, 0) is 33.0 Å². The monoisotopic (exact) mass is 338 g/mol. The zero-order valence-electron chi connectivity index (χ0n) is 15.1. The van der Waals surface area contributed by atoms with Gasteiger partial charge in [-0.1, -0.05) is 25.1 Å². The Morgan fingerprint density at radius 3 is 2.92 bits per heavy atom. The summed E-state index contributed by atoms with van der Waals surface area (Å²) in [7, 11) is 1.95. The zero-order chi connectivity index (χ0) is 17.4. The second kappa shape index (κ2) is 6.54. The van der Waals surface area contributed by atoms with Gasteiger partial charge in [-0.3, -0.25) is 4.68 Å². The molecule has 5 nitrogen and oxygen atoms in total. The minimum absolute atomic E-state index is 0.0214. The molecule has 0 bridgehead atoms. The highest BCUT2D eigenvalue weighted by atomic mass is 16.2. The molecule has 1 aromatic carbocycles. The van der Waals surface area contributed by atoms with Gasteiger partial charge in [0.05, 0.1) is 18.4 Å². The number of nitrogens with zero attached hydrogens (tertiary/aromatic N) is 3. The first-order valence-electron chi connectivity index (χ1n) is 9.30. The number of hydrogen-bond acceptors (Lipinski definition) is 2. The Kier molecular flexibility index (Phi) is 4.24. The van der Waals surface area contributed by atoms with E-state index in [4.69, 9.17) is 0 Å². The Balaban J connectivity index is 1.40. The number of hydrogen-bond donors (Lipinski definition) is 1. The third-order valence-corrected chi connectivity index (χ3v) is 5.50. The molecule has 0 saturated heterocycles. The van der Waals surface area contributed by atoms with Crippen molar-refractivity contribution in [3.63, 3.8) is 0 Å². The van der Waals surface area contributed by atoms with Crippen LogP contribution in [0, 0.1) is 0 Å². The van der Waals surface area contributed by atoms with Crippen LogP contribution in [-0.4, -0.2) is 27.3 Å². The molecule has 2 amide bonds. The van der Waals surface area contributed by atoms with Crippen LogP contribution in [0.3, 0.4) is 0 Å². The molecule has 1 saturated carbocycles. The number of rotatable bonds is 4. The normalized spacial score (nSPS) is 16.6. The average Bonchev–Trinajstić information content (AvgIpc) is 3.42. The third kappa shape index (κ3) is 3.28. The lowest BCUT2D eigenvalue weighted by Crippen LogP contribution is -2.42. The molecular weight excluding hydrogens is 312 g/mol. The van der Waals surface area contributed by atoms with Crippen molar-refractivity contribution in [1.29, 1.82) is 0 Å². The van der Waals surface area contributed by atoms with Crippen LogP contribution in [0.4, 0.5) is 4.79 Å². The maximum atomic E-state index is 12.6. The van der Waals surface area contributed by atoms with Crippen LogP contribution < -0.4 is 5.32 Å². The SMILES string of the molecule is CCc1ccc2c(c1)CCN(C(=O)NCc1c(C3CC3)cnn1C)C2. The summed E-state index contributed by atoms with van der Waals surface area (Å²) in [6, 6.07) is 6.67. The molecule has 2 aromatic rings. The molecule has 5 heteroatoms. The molecule has 1 aromatic heterocycles. The third-order valence-electron chi connectivity index (χ3n) is 5.50. The van der Waals surface area contributed by atoms with Crippen LogP contribution in [0.25, 0.3) is 0 Å². The molecule has 25 heavy (non-hydrogen) atoms. The number of aromatic nitrogens is 2. The van der Waals surface area contributed by atoms with E-state index in [2.05, 4.69) is 35.5 Å². The summed E-state index contributed by atoms with van der Waals surface area (Å²) in [5.41, 5.74) is 6.49. The molecule has 1 aliphatic heterocycles. The second-order valence-electron chi connectivity index (χ2n) is 7.23. The quantitative estimate of drug-likeness (QED) is 0.931. The number of amides is 2. The topological polar surface area (TPSA) is 50.2 Å². The number of fused-ring (bicyclic) bond motifs is 1. The van der Waals surface area contributed by atoms with Gasteiger partial charge in [-0.05, 0) is 53.9 Å². The molecule has 0 radical (unpaired) electrons. The molecule has 0 atom stereocenters. The van der Waals surface area contributed by atoms with Gasteiger partial charge in [0.15, 0.2) is 0 Å². The van der Waals surface area contributed by atoms with E-state index in [1.807, 2.05) is 22.8 Å². The number of carbonyl (C=O) groups excluding carboxylic acids is 1. The van der Waals surface area contributed by atoms with Gasteiger partial charge >= 0.3 is 6.03 Å². The molecular formula is C20H26N4O. The van der Waals surface area contributed by atoms with Gasteiger partial charge in [0.2, 0.25) is 0 Å². The first-order valence-corrected chi connectivity index (χ1v) is 9.30. The highest BCUT2D eigenvalue weighted by Gasteiger charge is 2.28. The molecule has 1 N–H and O–H groups in total. The predicted octanol–water partition coefficient (Wildman–Crippen LogP) is 3.13. The fraction of sp³-hybridized carbons (Fsp3) is 0.500. The Labute approximate surface area is 149 Å². The van der Waals surface area contributed by atoms with Crippen molar-refractivity contribution in [2.45, 2.75) is 51.6 Å². The van der Waals surface area contributed by atoms with E-state index in [0.29, 0.717) is 19.0 Å². The summed E-state index contributed by atoms with van der Waals surface area (Å²) >= 11 is 0. The fourth-order valence-electron chi connectivity index (χ4n) is 3.70. The van der Waals surface area contributed by atoms with Crippen LogP contribution >= 0.6 is 0 Å². The maximum Gasteiger partial charge on any atom is 0.318 e. The van der Waals surface area contributed by atoms with E-state index in [1.165, 1.54) is 35.1 Å². The first-order chi connectivity index (χ1) is 12.2. The summed E-state index contributed by atoms with van der Waals surface area (Å²) in [4.78, 5) is 14.5. The first kappa shape index (κ1) is 16.2. The zero-order valence-corrected chi connectivity index (χ0v) is 15.1. The van der Waals surface area contributed by atoms with Crippen molar-refractivity contribution < 1.29 is 4.79 Å². The van der Waals surface area contributed by atoms with Gasteiger partial charge in [-0.2, -0.15) is 5.10 Å². The van der Waals surface area contributed by atoms with Crippen LogP contribution in [0.5, 0.6) is 0 Å². The summed E-state index contributed by atoms with van der Waals surface area (Å²) in [6.07, 6.45) is 6.45. The Hall–Kier alpha value is -2.30.